The van der Waals surface area contributed by atoms with E-state index in [1.807, 2.05) is 42.3 Å². The second-order valence-corrected chi connectivity index (χ2v) is 9.29. The highest BCUT2D eigenvalue weighted by Crippen LogP contribution is 2.32. The van der Waals surface area contributed by atoms with Gasteiger partial charge < -0.3 is 39.7 Å². The summed E-state index contributed by atoms with van der Waals surface area (Å²) >= 11 is 0. The zero-order chi connectivity index (χ0) is 25.3. The van der Waals surface area contributed by atoms with Crippen LogP contribution in [-0.2, 0) is 4.74 Å². The minimum absolute atomic E-state index is 0.00693. The number of hydrogen-bond acceptors (Lipinski definition) is 9. The maximum atomic E-state index is 13.0. The third-order valence-corrected chi connectivity index (χ3v) is 6.68. The lowest BCUT2D eigenvalue weighted by molar-refractivity contribution is -0.319. The molecule has 2 aliphatic heterocycles. The monoisotopic (exact) mass is 487 g/mol. The van der Waals surface area contributed by atoms with Crippen molar-refractivity contribution in [3.05, 3.63) is 53.6 Å². The van der Waals surface area contributed by atoms with Crippen molar-refractivity contribution in [2.45, 2.75) is 37.3 Å². The van der Waals surface area contributed by atoms with Crippen molar-refractivity contribution in [1.82, 2.24) is 9.80 Å². The number of nitrogens with two attached hydrogens (primary N) is 1. The minimum atomic E-state index is -2.39. The molecule has 190 valence electrons. The lowest BCUT2D eigenvalue weighted by Gasteiger charge is -2.45. The molecule has 5 atom stereocenters. The second-order valence-electron chi connectivity index (χ2n) is 9.29. The number of likely N-dealkylation sites (N-methyl/N-ethyl adjacent to an activating group) is 1. The van der Waals surface area contributed by atoms with Crippen LogP contribution in [0.2, 0.25) is 0 Å². The van der Waals surface area contributed by atoms with E-state index in [0.29, 0.717) is 30.0 Å². The van der Waals surface area contributed by atoms with Gasteiger partial charge in [-0.25, -0.2) is 0 Å². The molecule has 2 fully saturated rings. The summed E-state index contributed by atoms with van der Waals surface area (Å²) in [6.45, 7) is 4.31. The van der Waals surface area contributed by atoms with Crippen LogP contribution in [0.5, 0.6) is 5.75 Å². The van der Waals surface area contributed by atoms with Crippen molar-refractivity contribution < 1.29 is 34.7 Å². The van der Waals surface area contributed by atoms with Crippen molar-refractivity contribution in [1.29, 1.82) is 0 Å². The molecule has 0 aliphatic carbocycles. The summed E-state index contributed by atoms with van der Waals surface area (Å²) in [5, 5.41) is 40.0. The smallest absolute Gasteiger partial charge is 0.253 e. The summed E-state index contributed by atoms with van der Waals surface area (Å²) in [4.78, 5) is 17.0. The fraction of sp³-hybridized carbons (Fsp3) is 0.480. The molecular weight excluding hydrogens is 454 g/mol. The van der Waals surface area contributed by atoms with E-state index in [1.165, 1.54) is 0 Å². The Morgan fingerprint density at radius 1 is 1.14 bits per heavy atom. The van der Waals surface area contributed by atoms with E-state index in [1.54, 1.807) is 19.1 Å². The summed E-state index contributed by atoms with van der Waals surface area (Å²) in [5.41, 5.74) is 6.43. The molecule has 2 aliphatic rings. The van der Waals surface area contributed by atoms with E-state index in [2.05, 4.69) is 4.90 Å². The lowest BCUT2D eigenvalue weighted by atomic mass is 9.94. The first-order valence-corrected chi connectivity index (χ1v) is 11.6. The molecule has 2 heterocycles. The van der Waals surface area contributed by atoms with Gasteiger partial charge in [-0.05, 0) is 54.9 Å². The number of aliphatic hydroxyl groups is 4. The molecule has 35 heavy (non-hydrogen) atoms. The number of carbonyl (C=O) groups is 1. The Bertz CT molecular complexity index is 1060. The summed E-state index contributed by atoms with van der Waals surface area (Å²) < 4.78 is 11.2. The van der Waals surface area contributed by atoms with Crippen LogP contribution in [0.3, 0.4) is 0 Å². The van der Waals surface area contributed by atoms with Crippen LogP contribution in [0.15, 0.2) is 42.5 Å². The van der Waals surface area contributed by atoms with Crippen LogP contribution in [-0.4, -0.2) is 106 Å². The highest BCUT2D eigenvalue weighted by Gasteiger charge is 2.54. The summed E-state index contributed by atoms with van der Waals surface area (Å²) in [5.74, 6) is 0.347. The largest absolute Gasteiger partial charge is 0.460 e. The van der Waals surface area contributed by atoms with Gasteiger partial charge in [0.15, 0.2) is 0 Å². The number of hydrogen-bond donors (Lipinski definition) is 5. The molecule has 0 aromatic heterocycles. The van der Waals surface area contributed by atoms with Crippen LogP contribution in [0.4, 0.5) is 0 Å². The molecule has 10 heteroatoms. The maximum Gasteiger partial charge on any atom is 0.253 e. The number of benzene rings is 2. The zero-order valence-corrected chi connectivity index (χ0v) is 19.9. The Balaban J connectivity index is 1.52. The van der Waals surface area contributed by atoms with Crippen molar-refractivity contribution in [3.63, 3.8) is 0 Å². The Morgan fingerprint density at radius 3 is 2.49 bits per heavy atom. The van der Waals surface area contributed by atoms with E-state index in [-0.39, 0.29) is 5.91 Å². The highest BCUT2D eigenvalue weighted by molar-refractivity contribution is 5.95. The number of rotatable bonds is 5. The molecule has 2 aromatic carbocycles. The highest BCUT2D eigenvalue weighted by atomic mass is 16.7. The molecule has 0 unspecified atom stereocenters. The number of carbonyl (C=O) groups excluding carboxylic acids is 1. The minimum Gasteiger partial charge on any atom is -0.460 e. The first-order chi connectivity index (χ1) is 16.6. The molecule has 0 bridgehead atoms. The van der Waals surface area contributed by atoms with Gasteiger partial charge in [0.05, 0.1) is 6.61 Å². The predicted octanol–water partition coefficient (Wildman–Crippen LogP) is -0.485. The topological polar surface area (TPSA) is 149 Å². The lowest BCUT2D eigenvalue weighted by Crippen LogP contribution is -2.72. The summed E-state index contributed by atoms with van der Waals surface area (Å²) in [7, 11) is 2.04. The Morgan fingerprint density at radius 2 is 1.83 bits per heavy atom. The number of piperazine rings is 1. The van der Waals surface area contributed by atoms with Gasteiger partial charge in [0, 0.05) is 31.7 Å². The van der Waals surface area contributed by atoms with E-state index < -0.39 is 36.9 Å². The zero-order valence-electron chi connectivity index (χ0n) is 19.9. The summed E-state index contributed by atoms with van der Waals surface area (Å²) in [6, 6.07) is 12.8. The number of amides is 1. The van der Waals surface area contributed by atoms with Gasteiger partial charge in [0.1, 0.15) is 24.1 Å². The van der Waals surface area contributed by atoms with Gasteiger partial charge in [-0.3, -0.25) is 10.5 Å². The van der Waals surface area contributed by atoms with E-state index in [0.717, 1.165) is 24.2 Å². The van der Waals surface area contributed by atoms with Crippen LogP contribution >= 0.6 is 0 Å². The van der Waals surface area contributed by atoms with Crippen molar-refractivity contribution in [2.75, 3.05) is 39.8 Å². The van der Waals surface area contributed by atoms with Crippen molar-refractivity contribution >= 4 is 5.91 Å². The SMILES string of the molecule is Cc1cc(-c2cccc(C(=O)N3CCN(C)CC3)c2)ccc1O[C@H]1O[C@H](CO)[C@@H](O)[C@H](O)[C@]1(N)O. The molecule has 0 saturated carbocycles. The maximum absolute atomic E-state index is 13.0. The molecule has 4 rings (SSSR count). The van der Waals surface area contributed by atoms with E-state index in [9.17, 15) is 25.2 Å². The van der Waals surface area contributed by atoms with Gasteiger partial charge in [-0.15, -0.1) is 0 Å². The van der Waals surface area contributed by atoms with Gasteiger partial charge >= 0.3 is 0 Å². The quantitative estimate of drug-likeness (QED) is 0.352. The molecule has 2 saturated heterocycles. The third kappa shape index (κ3) is 5.19. The number of ether oxygens (including phenoxy) is 2. The number of nitrogens with zero attached hydrogens (tertiary/aromatic N) is 2. The molecule has 0 radical (unpaired) electrons. The van der Waals surface area contributed by atoms with Crippen LogP contribution < -0.4 is 10.5 Å². The number of aliphatic hydroxyl groups excluding tert-OH is 3. The van der Waals surface area contributed by atoms with Gasteiger partial charge in [-0.1, -0.05) is 18.2 Å². The second kappa shape index (κ2) is 10.2. The van der Waals surface area contributed by atoms with Crippen LogP contribution in [0, 0.1) is 6.92 Å². The molecule has 2 aromatic rings. The average Bonchev–Trinajstić information content (AvgIpc) is 2.85. The standard InChI is InChI=1S/C25H33N3O7/c1-15-12-17(16-4-3-5-18(13-16)23(32)28-10-8-27(2)9-11-28)6-7-19(15)34-24-25(26,33)22(31)21(30)20(14-29)35-24/h3-7,12-13,20-22,24,29-31,33H,8-11,14,26H2,1-2H3/t20-,21-,22+,24+,25+/m1/s1. The van der Waals surface area contributed by atoms with Gasteiger partial charge in [0.2, 0.25) is 12.0 Å². The normalized spacial score (nSPS) is 29.7. The average molecular weight is 488 g/mol. The third-order valence-electron chi connectivity index (χ3n) is 6.68. The first-order valence-electron chi connectivity index (χ1n) is 11.6. The predicted molar refractivity (Wildman–Crippen MR) is 128 cm³/mol. The van der Waals surface area contributed by atoms with E-state index in [4.69, 9.17) is 15.2 Å². The van der Waals surface area contributed by atoms with Crippen molar-refractivity contribution in [2.24, 2.45) is 5.73 Å². The molecule has 6 N–H and O–H groups in total. The fourth-order valence-corrected chi connectivity index (χ4v) is 4.34. The molecule has 10 nitrogen and oxygen atoms in total. The Kier molecular flexibility index (Phi) is 7.43. The summed E-state index contributed by atoms with van der Waals surface area (Å²) in [6.07, 6.45) is -6.04. The Hall–Kier alpha value is -2.57. The van der Waals surface area contributed by atoms with Gasteiger partial charge in [-0.2, -0.15) is 0 Å². The first kappa shape index (κ1) is 25.5. The molecule has 1 amide bonds. The molecular formula is C25H33N3O7. The van der Waals surface area contributed by atoms with Crippen molar-refractivity contribution in [3.8, 4) is 16.9 Å². The van der Waals surface area contributed by atoms with Crippen LogP contribution in [0.1, 0.15) is 15.9 Å². The van der Waals surface area contributed by atoms with E-state index >= 15 is 0 Å². The Labute approximate surface area is 204 Å². The number of aryl methyl sites for hydroxylation is 1. The van der Waals surface area contributed by atoms with Gasteiger partial charge in [0.25, 0.3) is 5.91 Å². The fourth-order valence-electron chi connectivity index (χ4n) is 4.34. The van der Waals surface area contributed by atoms with Crippen LogP contribution in [0.25, 0.3) is 11.1 Å². The molecule has 0 spiro atoms.